The van der Waals surface area contributed by atoms with Gasteiger partial charge in [0.15, 0.2) is 0 Å². The quantitative estimate of drug-likeness (QED) is 0.860. The molecule has 0 atom stereocenters. The number of aryl methyl sites for hydroxylation is 2. The SMILES string of the molecule is Cc1ccc(CN)c(-c2c(F)ccc(C)c2F)c1. The fourth-order valence-corrected chi connectivity index (χ4v) is 2.00. The van der Waals surface area contributed by atoms with E-state index in [0.717, 1.165) is 11.1 Å². The Bertz CT molecular complexity index is 591. The summed E-state index contributed by atoms with van der Waals surface area (Å²) in [7, 11) is 0. The molecular weight excluding hydrogens is 232 g/mol. The Morgan fingerprint density at radius 2 is 1.78 bits per heavy atom. The van der Waals surface area contributed by atoms with Gasteiger partial charge < -0.3 is 5.73 Å². The molecule has 2 N–H and O–H groups in total. The van der Waals surface area contributed by atoms with Gasteiger partial charge in [0.05, 0.1) is 5.56 Å². The Balaban J connectivity index is 2.76. The van der Waals surface area contributed by atoms with Crippen LogP contribution in [-0.2, 0) is 6.54 Å². The molecule has 0 aromatic heterocycles. The van der Waals surface area contributed by atoms with Crippen LogP contribution >= 0.6 is 0 Å². The third-order valence-corrected chi connectivity index (χ3v) is 3.04. The van der Waals surface area contributed by atoms with Crippen molar-refractivity contribution in [1.82, 2.24) is 0 Å². The summed E-state index contributed by atoms with van der Waals surface area (Å²) < 4.78 is 28.0. The highest BCUT2D eigenvalue weighted by atomic mass is 19.1. The average Bonchev–Trinajstić information content (AvgIpc) is 2.35. The van der Waals surface area contributed by atoms with Gasteiger partial charge in [-0.1, -0.05) is 29.8 Å². The Labute approximate surface area is 105 Å². The van der Waals surface area contributed by atoms with Gasteiger partial charge in [-0.2, -0.15) is 0 Å². The van der Waals surface area contributed by atoms with E-state index in [-0.39, 0.29) is 12.1 Å². The van der Waals surface area contributed by atoms with Gasteiger partial charge in [-0.3, -0.25) is 0 Å². The van der Waals surface area contributed by atoms with Gasteiger partial charge in [0, 0.05) is 6.54 Å². The highest BCUT2D eigenvalue weighted by molar-refractivity contribution is 5.70. The van der Waals surface area contributed by atoms with Crippen LogP contribution in [0.3, 0.4) is 0 Å². The van der Waals surface area contributed by atoms with Gasteiger partial charge in [0.1, 0.15) is 11.6 Å². The van der Waals surface area contributed by atoms with E-state index in [2.05, 4.69) is 0 Å². The summed E-state index contributed by atoms with van der Waals surface area (Å²) in [4.78, 5) is 0. The highest BCUT2D eigenvalue weighted by Gasteiger charge is 2.16. The second kappa shape index (κ2) is 4.86. The lowest BCUT2D eigenvalue weighted by Gasteiger charge is -2.12. The second-order valence-corrected chi connectivity index (χ2v) is 4.42. The number of nitrogens with two attached hydrogens (primary N) is 1. The van der Waals surface area contributed by atoms with Crippen molar-refractivity contribution < 1.29 is 8.78 Å². The highest BCUT2D eigenvalue weighted by Crippen LogP contribution is 2.31. The minimum atomic E-state index is -0.557. The molecule has 0 bridgehead atoms. The molecule has 0 saturated carbocycles. The van der Waals surface area contributed by atoms with E-state index in [1.54, 1.807) is 13.0 Å². The summed E-state index contributed by atoms with van der Waals surface area (Å²) in [5.74, 6) is -1.08. The Morgan fingerprint density at radius 1 is 1.06 bits per heavy atom. The van der Waals surface area contributed by atoms with E-state index >= 15 is 0 Å². The predicted octanol–water partition coefficient (Wildman–Crippen LogP) is 3.71. The molecule has 0 aliphatic heterocycles. The van der Waals surface area contributed by atoms with Crippen LogP contribution < -0.4 is 5.73 Å². The fraction of sp³-hybridized carbons (Fsp3) is 0.200. The van der Waals surface area contributed by atoms with Crippen LogP contribution in [0, 0.1) is 25.5 Å². The Hall–Kier alpha value is -1.74. The number of rotatable bonds is 2. The van der Waals surface area contributed by atoms with E-state index in [1.165, 1.54) is 12.1 Å². The average molecular weight is 247 g/mol. The first kappa shape index (κ1) is 12.7. The molecule has 3 heteroatoms. The fourth-order valence-electron chi connectivity index (χ4n) is 2.00. The first-order valence-corrected chi connectivity index (χ1v) is 5.79. The molecule has 0 aliphatic rings. The van der Waals surface area contributed by atoms with E-state index in [1.807, 2.05) is 19.1 Å². The summed E-state index contributed by atoms with van der Waals surface area (Å²) in [5, 5.41) is 0. The van der Waals surface area contributed by atoms with Crippen molar-refractivity contribution in [2.45, 2.75) is 20.4 Å². The lowest BCUT2D eigenvalue weighted by Crippen LogP contribution is -2.02. The van der Waals surface area contributed by atoms with Gasteiger partial charge in [0.2, 0.25) is 0 Å². The van der Waals surface area contributed by atoms with Gasteiger partial charge >= 0.3 is 0 Å². The van der Waals surface area contributed by atoms with Gasteiger partial charge in [-0.15, -0.1) is 0 Å². The summed E-state index contributed by atoms with van der Waals surface area (Å²) in [5.41, 5.74) is 8.30. The molecule has 18 heavy (non-hydrogen) atoms. The predicted molar refractivity (Wildman–Crippen MR) is 69.2 cm³/mol. The lowest BCUT2D eigenvalue weighted by molar-refractivity contribution is 0.583. The van der Waals surface area contributed by atoms with Crippen LogP contribution in [0.4, 0.5) is 8.78 Å². The standard InChI is InChI=1S/C15H15F2N/c1-9-3-5-11(8-18)12(7-9)14-13(16)6-4-10(2)15(14)17/h3-7H,8,18H2,1-2H3. The Morgan fingerprint density at radius 3 is 2.44 bits per heavy atom. The number of benzene rings is 2. The summed E-state index contributed by atoms with van der Waals surface area (Å²) in [6.07, 6.45) is 0. The Kier molecular flexibility index (Phi) is 3.43. The minimum absolute atomic E-state index is 0.0131. The lowest BCUT2D eigenvalue weighted by atomic mass is 9.95. The second-order valence-electron chi connectivity index (χ2n) is 4.42. The molecule has 0 fully saturated rings. The van der Waals surface area contributed by atoms with Crippen molar-refractivity contribution in [3.05, 3.63) is 58.7 Å². The van der Waals surface area contributed by atoms with E-state index in [9.17, 15) is 8.78 Å². The van der Waals surface area contributed by atoms with Crippen molar-refractivity contribution in [3.8, 4) is 11.1 Å². The van der Waals surface area contributed by atoms with Crippen LogP contribution in [0.25, 0.3) is 11.1 Å². The number of hydrogen-bond acceptors (Lipinski definition) is 1. The molecular formula is C15H15F2N. The zero-order valence-corrected chi connectivity index (χ0v) is 10.4. The summed E-state index contributed by atoms with van der Waals surface area (Å²) >= 11 is 0. The number of halogens is 2. The first-order valence-electron chi connectivity index (χ1n) is 5.79. The zero-order chi connectivity index (χ0) is 13.3. The maximum Gasteiger partial charge on any atom is 0.136 e. The normalized spacial score (nSPS) is 10.7. The van der Waals surface area contributed by atoms with Gasteiger partial charge in [-0.05, 0) is 36.6 Å². The van der Waals surface area contributed by atoms with Crippen LogP contribution in [0.1, 0.15) is 16.7 Å². The van der Waals surface area contributed by atoms with Crippen LogP contribution in [-0.4, -0.2) is 0 Å². The van der Waals surface area contributed by atoms with Crippen molar-refractivity contribution in [2.24, 2.45) is 5.73 Å². The van der Waals surface area contributed by atoms with Crippen LogP contribution in [0.15, 0.2) is 30.3 Å². The molecule has 94 valence electrons. The molecule has 0 aliphatic carbocycles. The first-order chi connectivity index (χ1) is 8.54. The van der Waals surface area contributed by atoms with Gasteiger partial charge in [0.25, 0.3) is 0 Å². The van der Waals surface area contributed by atoms with Crippen LogP contribution in [0.5, 0.6) is 0 Å². The summed E-state index contributed by atoms with van der Waals surface area (Å²) in [6, 6.07) is 8.19. The molecule has 0 radical (unpaired) electrons. The van der Waals surface area contributed by atoms with Gasteiger partial charge in [-0.25, -0.2) is 8.78 Å². The van der Waals surface area contributed by atoms with E-state index in [0.29, 0.717) is 11.1 Å². The largest absolute Gasteiger partial charge is 0.326 e. The monoisotopic (exact) mass is 247 g/mol. The van der Waals surface area contributed by atoms with Crippen molar-refractivity contribution in [3.63, 3.8) is 0 Å². The maximum atomic E-state index is 14.1. The van der Waals surface area contributed by atoms with Crippen molar-refractivity contribution in [1.29, 1.82) is 0 Å². The van der Waals surface area contributed by atoms with E-state index < -0.39 is 11.6 Å². The number of hydrogen-bond donors (Lipinski definition) is 1. The van der Waals surface area contributed by atoms with Crippen molar-refractivity contribution >= 4 is 0 Å². The third-order valence-electron chi connectivity index (χ3n) is 3.04. The summed E-state index contributed by atoms with van der Waals surface area (Å²) in [6.45, 7) is 3.76. The minimum Gasteiger partial charge on any atom is -0.326 e. The maximum absolute atomic E-state index is 14.1. The molecule has 2 rings (SSSR count). The molecule has 0 unspecified atom stereocenters. The molecule has 1 nitrogen and oxygen atoms in total. The molecule has 0 spiro atoms. The smallest absolute Gasteiger partial charge is 0.136 e. The van der Waals surface area contributed by atoms with Crippen molar-refractivity contribution in [2.75, 3.05) is 0 Å². The molecule has 0 amide bonds. The molecule has 2 aromatic carbocycles. The topological polar surface area (TPSA) is 26.0 Å². The zero-order valence-electron chi connectivity index (χ0n) is 10.4. The van der Waals surface area contributed by atoms with Crippen LogP contribution in [0.2, 0.25) is 0 Å². The molecule has 0 heterocycles. The molecule has 0 saturated heterocycles. The third kappa shape index (κ3) is 2.14. The van der Waals surface area contributed by atoms with E-state index in [4.69, 9.17) is 5.73 Å². The molecule has 2 aromatic rings.